The molecule has 0 saturated carbocycles. The number of nitrogens with zero attached hydrogens (tertiary/aromatic N) is 1. The molecule has 1 rings (SSSR count). The van der Waals surface area contributed by atoms with E-state index < -0.39 is 15.8 Å². The molecule has 21 heavy (non-hydrogen) atoms. The van der Waals surface area contributed by atoms with Gasteiger partial charge in [0.25, 0.3) is 0 Å². The van der Waals surface area contributed by atoms with Gasteiger partial charge in [0.1, 0.15) is 10.7 Å². The largest absolute Gasteiger partial charge is 0.316 e. The second kappa shape index (κ2) is 7.67. The Morgan fingerprint density at radius 3 is 2.52 bits per heavy atom. The summed E-state index contributed by atoms with van der Waals surface area (Å²) in [6.45, 7) is 4.67. The van der Waals surface area contributed by atoms with Crippen molar-refractivity contribution in [3.63, 3.8) is 0 Å². The number of benzene rings is 1. The molecule has 0 aliphatic carbocycles. The maximum Gasteiger partial charge on any atom is 0.245 e. The van der Waals surface area contributed by atoms with Crippen molar-refractivity contribution >= 4 is 26.0 Å². The Labute approximate surface area is 134 Å². The van der Waals surface area contributed by atoms with E-state index in [1.54, 1.807) is 13.1 Å². The normalized spacial score (nSPS) is 12.4. The highest BCUT2D eigenvalue weighted by Gasteiger charge is 2.26. The van der Waals surface area contributed by atoms with Crippen molar-refractivity contribution in [3.8, 4) is 0 Å². The maximum absolute atomic E-state index is 14.4. The Kier molecular flexibility index (Phi) is 6.77. The van der Waals surface area contributed by atoms with Crippen molar-refractivity contribution in [1.82, 2.24) is 9.62 Å². The van der Waals surface area contributed by atoms with Gasteiger partial charge in [-0.25, -0.2) is 17.1 Å². The highest BCUT2D eigenvalue weighted by molar-refractivity contribution is 9.10. The highest BCUT2D eigenvalue weighted by atomic mass is 79.9. The molecule has 0 heterocycles. The monoisotopic (exact) mass is 380 g/mol. The van der Waals surface area contributed by atoms with Crippen molar-refractivity contribution < 1.29 is 12.8 Å². The zero-order valence-electron chi connectivity index (χ0n) is 12.8. The average molecular weight is 381 g/mol. The van der Waals surface area contributed by atoms with E-state index in [1.807, 2.05) is 13.8 Å². The first-order valence-electron chi connectivity index (χ1n) is 6.79. The minimum atomic E-state index is -3.83. The van der Waals surface area contributed by atoms with E-state index >= 15 is 0 Å². The molecule has 1 aromatic carbocycles. The zero-order valence-corrected chi connectivity index (χ0v) is 15.2. The molecule has 7 heteroatoms. The lowest BCUT2D eigenvalue weighted by atomic mass is 10.1. The van der Waals surface area contributed by atoms with Crippen LogP contribution in [0.5, 0.6) is 0 Å². The zero-order chi connectivity index (χ0) is 16.2. The van der Waals surface area contributed by atoms with E-state index in [-0.39, 0.29) is 11.4 Å². The van der Waals surface area contributed by atoms with Crippen LogP contribution >= 0.6 is 15.9 Å². The smallest absolute Gasteiger partial charge is 0.245 e. The summed E-state index contributed by atoms with van der Waals surface area (Å²) in [5, 5.41) is 2.83. The van der Waals surface area contributed by atoms with Crippen LogP contribution in [0, 0.1) is 11.7 Å². The molecule has 0 radical (unpaired) electrons. The molecule has 0 aromatic heterocycles. The number of halogens is 2. The first-order chi connectivity index (χ1) is 9.70. The predicted molar refractivity (Wildman–Crippen MR) is 86.1 cm³/mol. The lowest BCUT2D eigenvalue weighted by Gasteiger charge is -2.19. The Hall–Kier alpha value is -0.500. The quantitative estimate of drug-likeness (QED) is 0.790. The van der Waals surface area contributed by atoms with E-state index in [1.165, 1.54) is 17.4 Å². The second-order valence-corrected chi connectivity index (χ2v) is 8.35. The van der Waals surface area contributed by atoms with Gasteiger partial charge < -0.3 is 5.32 Å². The van der Waals surface area contributed by atoms with Crippen LogP contribution in [0.2, 0.25) is 0 Å². The number of hydrogen-bond acceptors (Lipinski definition) is 3. The Balaban J connectivity index is 3.18. The molecule has 0 saturated heterocycles. The molecule has 0 aliphatic rings. The Bertz CT molecular complexity index is 591. The van der Waals surface area contributed by atoms with Crippen molar-refractivity contribution in [2.75, 3.05) is 20.6 Å². The standard InChI is InChI=1S/C14H22BrFN2O2S/c1-10(2)5-6-18(4)21(19,20)13-8-12(15)7-11(9-17-3)14(13)16/h7-8,10,17H,5-6,9H2,1-4H3. The lowest BCUT2D eigenvalue weighted by Crippen LogP contribution is -2.29. The molecule has 4 nitrogen and oxygen atoms in total. The Morgan fingerprint density at radius 1 is 1.38 bits per heavy atom. The average Bonchev–Trinajstić information content (AvgIpc) is 2.39. The molecule has 0 atom stereocenters. The molecule has 0 bridgehead atoms. The fourth-order valence-corrected chi connectivity index (χ4v) is 3.82. The van der Waals surface area contributed by atoms with Gasteiger partial charge in [-0.2, -0.15) is 0 Å². The second-order valence-electron chi connectivity index (χ2n) is 5.42. The SMILES string of the molecule is CNCc1cc(Br)cc(S(=O)(=O)N(C)CCC(C)C)c1F. The first kappa shape index (κ1) is 18.5. The number of nitrogens with one attached hydrogen (secondary N) is 1. The molecule has 1 N–H and O–H groups in total. The molecule has 1 aromatic rings. The summed E-state index contributed by atoms with van der Waals surface area (Å²) < 4.78 is 41.2. The van der Waals surface area contributed by atoms with Crippen molar-refractivity contribution in [2.45, 2.75) is 31.7 Å². The summed E-state index contributed by atoms with van der Waals surface area (Å²) in [5.74, 6) is -0.307. The van der Waals surface area contributed by atoms with Crippen molar-refractivity contribution in [1.29, 1.82) is 0 Å². The van der Waals surface area contributed by atoms with Crippen molar-refractivity contribution in [2.24, 2.45) is 5.92 Å². The van der Waals surface area contributed by atoms with Crippen LogP contribution in [0.25, 0.3) is 0 Å². The molecule has 0 fully saturated rings. The van der Waals surface area contributed by atoms with Crippen LogP contribution in [0.4, 0.5) is 4.39 Å². The van der Waals surface area contributed by atoms with Gasteiger partial charge in [-0.15, -0.1) is 0 Å². The lowest BCUT2D eigenvalue weighted by molar-refractivity contribution is 0.424. The third-order valence-corrected chi connectivity index (χ3v) is 5.47. The van der Waals surface area contributed by atoms with Crippen LogP contribution in [0.15, 0.2) is 21.5 Å². The van der Waals surface area contributed by atoms with Gasteiger partial charge in [-0.1, -0.05) is 29.8 Å². The molecular weight excluding hydrogens is 359 g/mol. The summed E-state index contributed by atoms with van der Waals surface area (Å²) in [5.41, 5.74) is 0.322. The molecule has 120 valence electrons. The molecule has 0 unspecified atom stereocenters. The van der Waals surface area contributed by atoms with Gasteiger partial charge in [0, 0.05) is 30.2 Å². The summed E-state index contributed by atoms with van der Waals surface area (Å²) >= 11 is 3.24. The van der Waals surface area contributed by atoms with Gasteiger partial charge in [0.05, 0.1) is 0 Å². The van der Waals surface area contributed by atoms with E-state index in [0.717, 1.165) is 6.42 Å². The summed E-state index contributed by atoms with van der Waals surface area (Å²) in [6, 6.07) is 2.90. The summed E-state index contributed by atoms with van der Waals surface area (Å²) in [6.07, 6.45) is 0.731. The van der Waals surface area contributed by atoms with Crippen LogP contribution in [-0.2, 0) is 16.6 Å². The van der Waals surface area contributed by atoms with Crippen LogP contribution in [0.3, 0.4) is 0 Å². The van der Waals surface area contributed by atoms with Gasteiger partial charge in [0.15, 0.2) is 0 Å². The van der Waals surface area contributed by atoms with E-state index in [2.05, 4.69) is 21.2 Å². The van der Waals surface area contributed by atoms with Crippen LogP contribution < -0.4 is 5.32 Å². The first-order valence-corrected chi connectivity index (χ1v) is 9.02. The fourth-order valence-electron chi connectivity index (χ4n) is 1.85. The van der Waals surface area contributed by atoms with Crippen LogP contribution in [0.1, 0.15) is 25.8 Å². The maximum atomic E-state index is 14.4. The molecule has 0 amide bonds. The predicted octanol–water partition coefficient (Wildman–Crippen LogP) is 2.97. The Morgan fingerprint density at radius 2 is 2.00 bits per heavy atom. The topological polar surface area (TPSA) is 49.4 Å². The van der Waals surface area contributed by atoms with Gasteiger partial charge in [0.2, 0.25) is 10.0 Å². The van der Waals surface area contributed by atoms with Crippen LogP contribution in [-0.4, -0.2) is 33.4 Å². The fraction of sp³-hybridized carbons (Fsp3) is 0.571. The summed E-state index contributed by atoms with van der Waals surface area (Å²) in [4.78, 5) is -0.284. The number of rotatable bonds is 7. The van der Waals surface area contributed by atoms with E-state index in [0.29, 0.717) is 22.5 Å². The van der Waals surface area contributed by atoms with Crippen molar-refractivity contribution in [3.05, 3.63) is 28.0 Å². The molecule has 0 aliphatic heterocycles. The van der Waals surface area contributed by atoms with E-state index in [4.69, 9.17) is 0 Å². The number of hydrogen-bond donors (Lipinski definition) is 1. The highest BCUT2D eigenvalue weighted by Crippen LogP contribution is 2.26. The molecule has 0 spiro atoms. The third-order valence-electron chi connectivity index (χ3n) is 3.16. The minimum absolute atomic E-state index is 0.267. The van der Waals surface area contributed by atoms with Gasteiger partial charge in [-0.05, 0) is 31.5 Å². The van der Waals surface area contributed by atoms with Gasteiger partial charge >= 0.3 is 0 Å². The molecular formula is C14H22BrFN2O2S. The number of sulfonamides is 1. The van der Waals surface area contributed by atoms with Gasteiger partial charge in [-0.3, -0.25) is 0 Å². The minimum Gasteiger partial charge on any atom is -0.316 e. The third kappa shape index (κ3) is 4.74. The van der Waals surface area contributed by atoms with E-state index in [9.17, 15) is 12.8 Å². The summed E-state index contributed by atoms with van der Waals surface area (Å²) in [7, 11) is -0.662.